The molecule has 2 atom stereocenters. The Hall–Kier alpha value is -0.120. The van der Waals surface area contributed by atoms with Gasteiger partial charge in [0.15, 0.2) is 0 Å². The summed E-state index contributed by atoms with van der Waals surface area (Å²) in [7, 11) is 0. The van der Waals surface area contributed by atoms with Crippen LogP contribution >= 0.6 is 0 Å². The largest absolute Gasteiger partial charge is 0.380 e. The lowest BCUT2D eigenvalue weighted by Gasteiger charge is -2.19. The fraction of sp³-hybridized carbons (Fsp3) is 1.00. The fourth-order valence-corrected chi connectivity index (χ4v) is 2.77. The summed E-state index contributed by atoms with van der Waals surface area (Å²) in [6.07, 6.45) is 4.16. The number of nitrogens with zero attached hydrogens (tertiary/aromatic N) is 1. The molecular formula is C14H28N2O. The molecule has 0 bridgehead atoms. The lowest BCUT2D eigenvalue weighted by molar-refractivity contribution is 0.110. The normalized spacial score (nSPS) is 30.4. The topological polar surface area (TPSA) is 24.5 Å². The molecule has 1 aliphatic carbocycles. The van der Waals surface area contributed by atoms with E-state index in [9.17, 15) is 0 Å². The molecule has 2 rings (SSSR count). The summed E-state index contributed by atoms with van der Waals surface area (Å²) in [6.45, 7) is 10.7. The second-order valence-corrected chi connectivity index (χ2v) is 6.13. The molecule has 17 heavy (non-hydrogen) atoms. The summed E-state index contributed by atoms with van der Waals surface area (Å²) in [4.78, 5) is 2.69. The Morgan fingerprint density at radius 1 is 1.35 bits per heavy atom. The van der Waals surface area contributed by atoms with Gasteiger partial charge in [-0.1, -0.05) is 13.8 Å². The van der Waals surface area contributed by atoms with Gasteiger partial charge in [0.2, 0.25) is 0 Å². The summed E-state index contributed by atoms with van der Waals surface area (Å²) in [5.41, 5.74) is 0. The van der Waals surface area contributed by atoms with Crippen molar-refractivity contribution in [3.8, 4) is 0 Å². The monoisotopic (exact) mass is 240 g/mol. The predicted molar refractivity (Wildman–Crippen MR) is 71.3 cm³/mol. The van der Waals surface area contributed by atoms with Gasteiger partial charge in [-0.3, -0.25) is 4.90 Å². The van der Waals surface area contributed by atoms with Crippen LogP contribution in [0.3, 0.4) is 0 Å². The molecule has 0 spiro atoms. The molecule has 1 aliphatic heterocycles. The van der Waals surface area contributed by atoms with Crippen molar-refractivity contribution in [1.82, 2.24) is 10.2 Å². The minimum Gasteiger partial charge on any atom is -0.380 e. The first-order valence-electron chi connectivity index (χ1n) is 7.23. The summed E-state index contributed by atoms with van der Waals surface area (Å²) in [6, 6.07) is 2.37. The van der Waals surface area contributed by atoms with Crippen LogP contribution in [-0.4, -0.2) is 49.3 Å². The van der Waals surface area contributed by atoms with Gasteiger partial charge in [0.1, 0.15) is 0 Å². The third-order valence-corrected chi connectivity index (χ3v) is 3.77. The van der Waals surface area contributed by atoms with Crippen LogP contribution in [-0.2, 0) is 4.74 Å². The quantitative estimate of drug-likeness (QED) is 0.688. The number of hydrogen-bond donors (Lipinski definition) is 1. The maximum absolute atomic E-state index is 5.59. The van der Waals surface area contributed by atoms with Gasteiger partial charge < -0.3 is 10.1 Å². The highest BCUT2D eigenvalue weighted by Crippen LogP contribution is 2.33. The van der Waals surface area contributed by atoms with E-state index in [0.717, 1.165) is 31.8 Å². The van der Waals surface area contributed by atoms with E-state index in [2.05, 4.69) is 31.0 Å². The molecule has 2 unspecified atom stereocenters. The van der Waals surface area contributed by atoms with E-state index in [1.165, 1.54) is 25.8 Å². The Labute approximate surface area is 106 Å². The lowest BCUT2D eigenvalue weighted by atomic mass is 10.2. The molecule has 2 aliphatic rings. The van der Waals surface area contributed by atoms with E-state index in [0.29, 0.717) is 12.0 Å². The molecule has 3 nitrogen and oxygen atoms in total. The first-order chi connectivity index (χ1) is 8.16. The molecule has 0 radical (unpaired) electrons. The van der Waals surface area contributed by atoms with E-state index in [1.807, 2.05) is 0 Å². The molecule has 0 aromatic carbocycles. The van der Waals surface area contributed by atoms with Gasteiger partial charge in [0.25, 0.3) is 0 Å². The second-order valence-electron chi connectivity index (χ2n) is 6.13. The van der Waals surface area contributed by atoms with Crippen molar-refractivity contribution in [2.24, 2.45) is 5.92 Å². The SMILES string of the molecule is CC(C)COCCNC1CC(C)N(C2CC2)C1. The summed E-state index contributed by atoms with van der Waals surface area (Å²) in [5, 5.41) is 3.63. The van der Waals surface area contributed by atoms with Crippen LogP contribution in [0.1, 0.15) is 40.0 Å². The first kappa shape index (κ1) is 13.3. The van der Waals surface area contributed by atoms with Gasteiger partial charge in [0, 0.05) is 37.8 Å². The first-order valence-corrected chi connectivity index (χ1v) is 7.23. The highest BCUT2D eigenvalue weighted by Gasteiger charge is 2.38. The zero-order valence-corrected chi connectivity index (χ0v) is 11.6. The number of hydrogen-bond acceptors (Lipinski definition) is 3. The zero-order valence-electron chi connectivity index (χ0n) is 11.6. The molecule has 2 fully saturated rings. The minimum absolute atomic E-state index is 0.645. The molecule has 1 N–H and O–H groups in total. The Morgan fingerprint density at radius 3 is 2.76 bits per heavy atom. The summed E-state index contributed by atoms with van der Waals surface area (Å²) < 4.78 is 5.59. The van der Waals surface area contributed by atoms with E-state index >= 15 is 0 Å². The van der Waals surface area contributed by atoms with Gasteiger partial charge >= 0.3 is 0 Å². The van der Waals surface area contributed by atoms with E-state index < -0.39 is 0 Å². The Balaban J connectivity index is 1.54. The smallest absolute Gasteiger partial charge is 0.0591 e. The fourth-order valence-electron chi connectivity index (χ4n) is 2.77. The number of rotatable bonds is 7. The van der Waals surface area contributed by atoms with Gasteiger partial charge in [-0.2, -0.15) is 0 Å². The second kappa shape index (κ2) is 6.17. The minimum atomic E-state index is 0.645. The molecule has 1 saturated heterocycles. The third kappa shape index (κ3) is 4.23. The van der Waals surface area contributed by atoms with Crippen LogP contribution in [0.2, 0.25) is 0 Å². The van der Waals surface area contributed by atoms with Crippen molar-refractivity contribution in [2.75, 3.05) is 26.3 Å². The van der Waals surface area contributed by atoms with E-state index in [4.69, 9.17) is 4.74 Å². The lowest BCUT2D eigenvalue weighted by Crippen LogP contribution is -2.35. The summed E-state index contributed by atoms with van der Waals surface area (Å²) >= 11 is 0. The third-order valence-electron chi connectivity index (χ3n) is 3.77. The average Bonchev–Trinajstić information content (AvgIpc) is 3.03. The maximum Gasteiger partial charge on any atom is 0.0591 e. The van der Waals surface area contributed by atoms with E-state index in [1.54, 1.807) is 0 Å². The van der Waals surface area contributed by atoms with Crippen LogP contribution in [0, 0.1) is 5.92 Å². The average molecular weight is 240 g/mol. The molecule has 3 heteroatoms. The molecule has 1 heterocycles. The number of nitrogens with one attached hydrogen (secondary N) is 1. The predicted octanol–water partition coefficient (Wildman–Crippen LogP) is 1.87. The van der Waals surface area contributed by atoms with Gasteiger partial charge in [-0.15, -0.1) is 0 Å². The van der Waals surface area contributed by atoms with Gasteiger partial charge in [0.05, 0.1) is 6.61 Å². The summed E-state index contributed by atoms with van der Waals surface area (Å²) in [5.74, 6) is 0.645. The van der Waals surface area contributed by atoms with Crippen molar-refractivity contribution in [3.63, 3.8) is 0 Å². The van der Waals surface area contributed by atoms with Crippen LogP contribution < -0.4 is 5.32 Å². The Kier molecular flexibility index (Phi) is 4.83. The molecule has 1 saturated carbocycles. The number of likely N-dealkylation sites (tertiary alicyclic amines) is 1. The Morgan fingerprint density at radius 2 is 2.12 bits per heavy atom. The van der Waals surface area contributed by atoms with Crippen LogP contribution in [0.25, 0.3) is 0 Å². The molecule has 100 valence electrons. The van der Waals surface area contributed by atoms with Crippen molar-refractivity contribution in [2.45, 2.75) is 58.2 Å². The van der Waals surface area contributed by atoms with Crippen molar-refractivity contribution < 1.29 is 4.74 Å². The molecular weight excluding hydrogens is 212 g/mol. The van der Waals surface area contributed by atoms with Crippen molar-refractivity contribution in [3.05, 3.63) is 0 Å². The van der Waals surface area contributed by atoms with Crippen LogP contribution in [0.5, 0.6) is 0 Å². The van der Waals surface area contributed by atoms with Gasteiger partial charge in [-0.05, 0) is 32.1 Å². The number of ether oxygens (including phenoxy) is 1. The molecule has 0 amide bonds. The van der Waals surface area contributed by atoms with Gasteiger partial charge in [-0.25, -0.2) is 0 Å². The highest BCUT2D eigenvalue weighted by atomic mass is 16.5. The standard InChI is InChI=1S/C14H28N2O/c1-11(2)10-17-7-6-15-13-8-12(3)16(9-13)14-4-5-14/h11-15H,4-10H2,1-3H3. The Bertz CT molecular complexity index is 228. The van der Waals surface area contributed by atoms with Crippen molar-refractivity contribution in [1.29, 1.82) is 0 Å². The van der Waals surface area contributed by atoms with Crippen LogP contribution in [0.4, 0.5) is 0 Å². The molecule has 0 aromatic heterocycles. The zero-order chi connectivity index (χ0) is 12.3. The van der Waals surface area contributed by atoms with E-state index in [-0.39, 0.29) is 0 Å². The molecule has 0 aromatic rings. The highest BCUT2D eigenvalue weighted by molar-refractivity contribution is 4.95. The van der Waals surface area contributed by atoms with Crippen LogP contribution in [0.15, 0.2) is 0 Å². The maximum atomic E-state index is 5.59. The van der Waals surface area contributed by atoms with Crippen molar-refractivity contribution >= 4 is 0 Å².